The number of hydrogen-bond acceptors (Lipinski definition) is 4. The van der Waals surface area contributed by atoms with Gasteiger partial charge in [-0.2, -0.15) is 0 Å². The molecule has 2 rings (SSSR count). The topological polar surface area (TPSA) is 42.3 Å². The van der Waals surface area contributed by atoms with Crippen LogP contribution in [0.3, 0.4) is 0 Å². The Kier molecular flexibility index (Phi) is 5.79. The number of nitrogens with zero attached hydrogens (tertiary/aromatic N) is 3. The molecule has 0 unspecified atom stereocenters. The molecule has 0 radical (unpaired) electrons. The van der Waals surface area contributed by atoms with Crippen LogP contribution in [0.2, 0.25) is 0 Å². The summed E-state index contributed by atoms with van der Waals surface area (Å²) in [5.41, 5.74) is 2.68. The molecule has 0 aromatic carbocycles. The molecule has 21 heavy (non-hydrogen) atoms. The van der Waals surface area contributed by atoms with Crippen LogP contribution in [-0.4, -0.2) is 60.4 Å². The van der Waals surface area contributed by atoms with Gasteiger partial charge in [-0.3, -0.25) is 4.90 Å². The van der Waals surface area contributed by atoms with Crippen molar-refractivity contribution < 1.29 is 4.74 Å². The summed E-state index contributed by atoms with van der Waals surface area (Å²) in [4.78, 5) is 6.85. The predicted octanol–water partition coefficient (Wildman–Crippen LogP) is 1.45. The van der Waals surface area contributed by atoms with E-state index in [0.29, 0.717) is 0 Å². The third-order valence-corrected chi connectivity index (χ3v) is 4.23. The normalized spacial score (nSPS) is 17.3. The van der Waals surface area contributed by atoms with E-state index in [1.807, 2.05) is 6.33 Å². The molecule has 1 aliphatic heterocycles. The van der Waals surface area contributed by atoms with Crippen LogP contribution < -0.4 is 5.32 Å². The summed E-state index contributed by atoms with van der Waals surface area (Å²) < 4.78 is 7.63. The third-order valence-electron chi connectivity index (χ3n) is 4.23. The van der Waals surface area contributed by atoms with Crippen LogP contribution in [0.1, 0.15) is 25.2 Å². The van der Waals surface area contributed by atoms with Gasteiger partial charge in [-0.1, -0.05) is 13.8 Å². The summed E-state index contributed by atoms with van der Waals surface area (Å²) in [6.45, 7) is 16.9. The molecule has 5 nitrogen and oxygen atoms in total. The first-order valence-corrected chi connectivity index (χ1v) is 7.97. The monoisotopic (exact) mass is 294 g/mol. The third kappa shape index (κ3) is 5.09. The molecule has 0 atom stereocenters. The van der Waals surface area contributed by atoms with Gasteiger partial charge in [0.05, 0.1) is 25.2 Å². The van der Waals surface area contributed by atoms with Crippen LogP contribution in [0.5, 0.6) is 0 Å². The molecule has 1 N–H and O–H groups in total. The Morgan fingerprint density at radius 1 is 1.29 bits per heavy atom. The molecule has 0 aliphatic carbocycles. The molecular weight excluding hydrogens is 264 g/mol. The maximum atomic E-state index is 5.41. The number of nitrogens with one attached hydrogen (secondary N) is 1. The van der Waals surface area contributed by atoms with E-state index in [2.05, 4.69) is 47.5 Å². The lowest BCUT2D eigenvalue weighted by Gasteiger charge is -2.35. The van der Waals surface area contributed by atoms with E-state index in [9.17, 15) is 0 Å². The SMILES string of the molecule is Cc1ncn(CCNCC(C)(C)CN2CCOCC2)c1C. The van der Waals surface area contributed by atoms with E-state index in [1.54, 1.807) is 0 Å². The summed E-state index contributed by atoms with van der Waals surface area (Å²) in [5, 5.41) is 3.59. The Morgan fingerprint density at radius 2 is 2.00 bits per heavy atom. The summed E-state index contributed by atoms with van der Waals surface area (Å²) in [6.07, 6.45) is 1.94. The zero-order valence-electron chi connectivity index (χ0n) is 14.0. The van der Waals surface area contributed by atoms with Gasteiger partial charge < -0.3 is 14.6 Å². The predicted molar refractivity (Wildman–Crippen MR) is 85.6 cm³/mol. The van der Waals surface area contributed by atoms with Crippen LogP contribution in [0.25, 0.3) is 0 Å². The second-order valence-electron chi connectivity index (χ2n) is 6.84. The Balaban J connectivity index is 1.68. The number of imidazole rings is 1. The van der Waals surface area contributed by atoms with E-state index in [4.69, 9.17) is 4.74 Å². The Labute approximate surface area is 128 Å². The van der Waals surface area contributed by atoms with Crippen molar-refractivity contribution in [2.75, 3.05) is 45.9 Å². The number of ether oxygens (including phenoxy) is 1. The van der Waals surface area contributed by atoms with Crippen molar-refractivity contribution in [3.63, 3.8) is 0 Å². The zero-order valence-corrected chi connectivity index (χ0v) is 14.0. The number of morpholine rings is 1. The Bertz CT molecular complexity index is 435. The van der Waals surface area contributed by atoms with Gasteiger partial charge >= 0.3 is 0 Å². The van der Waals surface area contributed by atoms with E-state index < -0.39 is 0 Å². The van der Waals surface area contributed by atoms with Gasteiger partial charge in [-0.25, -0.2) is 4.98 Å². The fourth-order valence-corrected chi connectivity index (χ4v) is 2.82. The highest BCUT2D eigenvalue weighted by molar-refractivity contribution is 5.08. The second-order valence-corrected chi connectivity index (χ2v) is 6.84. The van der Waals surface area contributed by atoms with Crippen molar-refractivity contribution >= 4 is 0 Å². The highest BCUT2D eigenvalue weighted by Gasteiger charge is 2.22. The first-order chi connectivity index (χ1) is 9.98. The van der Waals surface area contributed by atoms with Gasteiger partial charge in [0.15, 0.2) is 0 Å². The van der Waals surface area contributed by atoms with Crippen LogP contribution in [0, 0.1) is 19.3 Å². The molecule has 0 bridgehead atoms. The van der Waals surface area contributed by atoms with Gasteiger partial charge in [0.25, 0.3) is 0 Å². The van der Waals surface area contributed by atoms with E-state index in [-0.39, 0.29) is 5.41 Å². The lowest BCUT2D eigenvalue weighted by atomic mass is 9.92. The average molecular weight is 294 g/mol. The molecule has 120 valence electrons. The molecule has 0 spiro atoms. The highest BCUT2D eigenvalue weighted by atomic mass is 16.5. The van der Waals surface area contributed by atoms with Crippen molar-refractivity contribution in [1.29, 1.82) is 0 Å². The summed E-state index contributed by atoms with van der Waals surface area (Å²) in [7, 11) is 0. The fourth-order valence-electron chi connectivity index (χ4n) is 2.82. The minimum Gasteiger partial charge on any atom is -0.379 e. The van der Waals surface area contributed by atoms with E-state index in [1.165, 1.54) is 5.69 Å². The molecule has 1 aliphatic rings. The van der Waals surface area contributed by atoms with Crippen LogP contribution in [-0.2, 0) is 11.3 Å². The second kappa shape index (κ2) is 7.38. The Morgan fingerprint density at radius 3 is 2.62 bits per heavy atom. The number of hydrogen-bond donors (Lipinski definition) is 1. The molecule has 2 heterocycles. The first-order valence-electron chi connectivity index (χ1n) is 7.97. The van der Waals surface area contributed by atoms with Crippen LogP contribution >= 0.6 is 0 Å². The summed E-state index contributed by atoms with van der Waals surface area (Å²) >= 11 is 0. The molecular formula is C16H30N4O. The van der Waals surface area contributed by atoms with Gasteiger partial charge in [0.1, 0.15) is 0 Å². The van der Waals surface area contributed by atoms with Crippen molar-refractivity contribution in [2.45, 2.75) is 34.2 Å². The first kappa shape index (κ1) is 16.5. The van der Waals surface area contributed by atoms with Crippen molar-refractivity contribution in [3.8, 4) is 0 Å². The maximum absolute atomic E-state index is 5.41. The minimum absolute atomic E-state index is 0.289. The molecule has 1 fully saturated rings. The molecule has 5 heteroatoms. The molecule has 0 amide bonds. The largest absolute Gasteiger partial charge is 0.379 e. The van der Waals surface area contributed by atoms with Crippen molar-refractivity contribution in [2.24, 2.45) is 5.41 Å². The lowest BCUT2D eigenvalue weighted by Crippen LogP contribution is -2.45. The molecule has 1 aromatic heterocycles. The number of rotatable bonds is 7. The number of aromatic nitrogens is 2. The summed E-state index contributed by atoms with van der Waals surface area (Å²) in [6, 6.07) is 0. The van der Waals surface area contributed by atoms with Gasteiger partial charge in [0.2, 0.25) is 0 Å². The fraction of sp³-hybridized carbons (Fsp3) is 0.812. The van der Waals surface area contributed by atoms with Gasteiger partial charge in [-0.15, -0.1) is 0 Å². The zero-order chi connectivity index (χ0) is 15.3. The average Bonchev–Trinajstić information content (AvgIpc) is 2.76. The lowest BCUT2D eigenvalue weighted by molar-refractivity contribution is 0.0213. The van der Waals surface area contributed by atoms with Crippen molar-refractivity contribution in [1.82, 2.24) is 19.8 Å². The maximum Gasteiger partial charge on any atom is 0.0951 e. The minimum atomic E-state index is 0.289. The van der Waals surface area contributed by atoms with Crippen molar-refractivity contribution in [3.05, 3.63) is 17.7 Å². The van der Waals surface area contributed by atoms with Crippen LogP contribution in [0.4, 0.5) is 0 Å². The standard InChI is InChI=1S/C16H30N4O/c1-14-15(2)20(13-18-14)6-5-17-11-16(3,4)12-19-7-9-21-10-8-19/h13,17H,5-12H2,1-4H3. The van der Waals surface area contributed by atoms with Crippen LogP contribution in [0.15, 0.2) is 6.33 Å². The molecule has 1 saturated heterocycles. The summed E-state index contributed by atoms with van der Waals surface area (Å²) in [5.74, 6) is 0. The van der Waals surface area contributed by atoms with Gasteiger partial charge in [-0.05, 0) is 19.3 Å². The Hall–Kier alpha value is -0.910. The van der Waals surface area contributed by atoms with E-state index >= 15 is 0 Å². The highest BCUT2D eigenvalue weighted by Crippen LogP contribution is 2.16. The smallest absolute Gasteiger partial charge is 0.0951 e. The van der Waals surface area contributed by atoms with Gasteiger partial charge in [0, 0.05) is 45.0 Å². The number of aryl methyl sites for hydroxylation is 1. The molecule has 0 saturated carbocycles. The molecule has 1 aromatic rings. The quantitative estimate of drug-likeness (QED) is 0.773. The van der Waals surface area contributed by atoms with E-state index in [0.717, 1.165) is 58.2 Å².